The summed E-state index contributed by atoms with van der Waals surface area (Å²) in [6.45, 7) is 6.40. The van der Waals surface area contributed by atoms with E-state index in [4.69, 9.17) is 9.72 Å². The van der Waals surface area contributed by atoms with Gasteiger partial charge in [-0.1, -0.05) is 39.0 Å². The lowest BCUT2D eigenvalue weighted by atomic mass is 10.1. The average Bonchev–Trinajstić information content (AvgIpc) is 2.88. The molecule has 0 N–H and O–H groups in total. The van der Waals surface area contributed by atoms with Crippen LogP contribution >= 0.6 is 0 Å². The number of fused-ring (bicyclic) bond motifs is 1. The van der Waals surface area contributed by atoms with Crippen molar-refractivity contribution in [3.05, 3.63) is 100 Å². The lowest BCUT2D eigenvalue weighted by Crippen LogP contribution is -2.40. The Bertz CT molecular complexity index is 1430. The summed E-state index contributed by atoms with van der Waals surface area (Å²) in [6.07, 6.45) is 0.509. The number of halogens is 1. The van der Waals surface area contributed by atoms with E-state index in [9.17, 15) is 14.0 Å². The van der Waals surface area contributed by atoms with E-state index in [1.807, 2.05) is 26.8 Å². The van der Waals surface area contributed by atoms with Crippen molar-refractivity contribution in [2.24, 2.45) is 5.92 Å². The maximum absolute atomic E-state index is 14.0. The van der Waals surface area contributed by atoms with Crippen LogP contribution in [0.15, 0.2) is 77.6 Å². The minimum absolute atomic E-state index is 0.137. The fraction of sp³-hybridized carbons (Fsp3) is 0.276. The van der Waals surface area contributed by atoms with E-state index in [1.54, 1.807) is 65.1 Å². The van der Waals surface area contributed by atoms with Crippen molar-refractivity contribution in [3.63, 3.8) is 0 Å². The lowest BCUT2D eigenvalue weighted by molar-refractivity contribution is 0.0630. The number of amides is 1. The fourth-order valence-electron chi connectivity index (χ4n) is 4.43. The Balaban J connectivity index is 1.95. The van der Waals surface area contributed by atoms with Crippen molar-refractivity contribution in [1.29, 1.82) is 0 Å². The molecule has 0 spiro atoms. The molecular formula is C29H30FN3O3. The van der Waals surface area contributed by atoms with E-state index >= 15 is 0 Å². The molecule has 7 heteroatoms. The first-order valence-corrected chi connectivity index (χ1v) is 12.1. The Morgan fingerprint density at radius 1 is 1.06 bits per heavy atom. The molecule has 1 aromatic heterocycles. The van der Waals surface area contributed by atoms with E-state index in [0.717, 1.165) is 0 Å². The van der Waals surface area contributed by atoms with Crippen LogP contribution in [0.25, 0.3) is 16.6 Å². The van der Waals surface area contributed by atoms with Gasteiger partial charge in [0, 0.05) is 12.1 Å². The van der Waals surface area contributed by atoms with Gasteiger partial charge in [-0.15, -0.1) is 0 Å². The summed E-state index contributed by atoms with van der Waals surface area (Å²) in [4.78, 5) is 34.1. The largest absolute Gasteiger partial charge is 0.497 e. The summed E-state index contributed by atoms with van der Waals surface area (Å²) < 4.78 is 20.9. The van der Waals surface area contributed by atoms with Crippen LogP contribution in [0, 0.1) is 11.7 Å². The van der Waals surface area contributed by atoms with Crippen LogP contribution in [-0.4, -0.2) is 34.0 Å². The topological polar surface area (TPSA) is 64.4 Å². The average molecular weight is 488 g/mol. The molecule has 0 radical (unpaired) electrons. The zero-order valence-corrected chi connectivity index (χ0v) is 20.9. The smallest absolute Gasteiger partial charge is 0.266 e. The number of carbonyl (C=O) groups is 1. The quantitative estimate of drug-likeness (QED) is 0.316. The Morgan fingerprint density at radius 3 is 2.42 bits per heavy atom. The fourth-order valence-corrected chi connectivity index (χ4v) is 4.43. The van der Waals surface area contributed by atoms with Gasteiger partial charge in [0.1, 0.15) is 17.4 Å². The van der Waals surface area contributed by atoms with E-state index in [2.05, 4.69) is 0 Å². The Hall–Kier alpha value is -4.00. The normalized spacial score (nSPS) is 12.1. The molecule has 0 aliphatic heterocycles. The van der Waals surface area contributed by atoms with Crippen LogP contribution in [0.2, 0.25) is 0 Å². The molecule has 36 heavy (non-hydrogen) atoms. The third kappa shape index (κ3) is 5.00. The van der Waals surface area contributed by atoms with Crippen molar-refractivity contribution >= 4 is 16.8 Å². The molecule has 0 bridgehead atoms. The number of methoxy groups -OCH3 is 1. The highest BCUT2D eigenvalue weighted by molar-refractivity contribution is 5.94. The van der Waals surface area contributed by atoms with E-state index < -0.39 is 11.9 Å². The molecule has 0 saturated carbocycles. The first-order chi connectivity index (χ1) is 17.3. The van der Waals surface area contributed by atoms with Gasteiger partial charge in [0.25, 0.3) is 11.5 Å². The van der Waals surface area contributed by atoms with E-state index in [1.165, 1.54) is 18.2 Å². The van der Waals surface area contributed by atoms with Crippen LogP contribution < -0.4 is 10.3 Å². The van der Waals surface area contributed by atoms with Crippen molar-refractivity contribution in [1.82, 2.24) is 14.5 Å². The zero-order valence-electron chi connectivity index (χ0n) is 20.9. The summed E-state index contributed by atoms with van der Waals surface area (Å²) in [5.74, 6) is 0.475. The van der Waals surface area contributed by atoms with Crippen LogP contribution in [-0.2, 0) is 0 Å². The molecule has 186 valence electrons. The lowest BCUT2D eigenvalue weighted by Gasteiger charge is -2.33. The Labute approximate surface area is 210 Å². The van der Waals surface area contributed by atoms with Crippen molar-refractivity contribution in [3.8, 4) is 11.4 Å². The third-order valence-electron chi connectivity index (χ3n) is 6.09. The summed E-state index contributed by atoms with van der Waals surface area (Å²) in [5.41, 5.74) is 1.22. The summed E-state index contributed by atoms with van der Waals surface area (Å²) >= 11 is 0. The highest BCUT2D eigenvalue weighted by Gasteiger charge is 2.30. The van der Waals surface area contributed by atoms with Gasteiger partial charge in [0.2, 0.25) is 0 Å². The molecule has 1 unspecified atom stereocenters. The highest BCUT2D eigenvalue weighted by Crippen LogP contribution is 2.29. The van der Waals surface area contributed by atoms with Crippen LogP contribution in [0.4, 0.5) is 4.39 Å². The molecule has 1 atom stereocenters. The van der Waals surface area contributed by atoms with E-state index in [0.29, 0.717) is 41.1 Å². The number of hydrogen-bond acceptors (Lipinski definition) is 4. The molecule has 1 amide bonds. The molecular weight excluding hydrogens is 457 g/mol. The molecule has 0 aliphatic carbocycles. The summed E-state index contributed by atoms with van der Waals surface area (Å²) in [5, 5.41) is 0.485. The molecule has 0 fully saturated rings. The van der Waals surface area contributed by atoms with Gasteiger partial charge >= 0.3 is 0 Å². The molecule has 4 rings (SSSR count). The van der Waals surface area contributed by atoms with Gasteiger partial charge in [-0.2, -0.15) is 0 Å². The van der Waals surface area contributed by atoms with Crippen LogP contribution in [0.1, 0.15) is 49.4 Å². The third-order valence-corrected chi connectivity index (χ3v) is 6.09. The van der Waals surface area contributed by atoms with Crippen LogP contribution in [0.3, 0.4) is 0 Å². The highest BCUT2D eigenvalue weighted by atomic mass is 19.1. The number of aromatic nitrogens is 2. The van der Waals surface area contributed by atoms with Gasteiger partial charge in [0.05, 0.1) is 29.7 Å². The number of nitrogens with zero attached hydrogens (tertiary/aromatic N) is 3. The van der Waals surface area contributed by atoms with Gasteiger partial charge in [-0.05, 0) is 66.9 Å². The maximum Gasteiger partial charge on any atom is 0.266 e. The van der Waals surface area contributed by atoms with Crippen LogP contribution in [0.5, 0.6) is 5.75 Å². The molecule has 6 nitrogen and oxygen atoms in total. The van der Waals surface area contributed by atoms with Gasteiger partial charge in [-0.3, -0.25) is 14.2 Å². The predicted octanol–water partition coefficient (Wildman–Crippen LogP) is 5.78. The molecule has 3 aromatic carbocycles. The SMILES string of the molecule is CCC(c1nc2ccccc2c(=O)n1-c1ccc(OC)cc1)N(CC(C)C)C(=O)c1cccc(F)c1. The number of para-hydroxylation sites is 1. The number of benzene rings is 3. The number of rotatable bonds is 8. The Kier molecular flexibility index (Phi) is 7.48. The first-order valence-electron chi connectivity index (χ1n) is 12.1. The minimum Gasteiger partial charge on any atom is -0.497 e. The standard InChI is InChI=1S/C29H30FN3O3/c1-5-26(32(18-19(2)3)28(34)20-9-8-10-21(30)17-20)27-31-25-12-7-6-11-24(25)29(35)33(27)22-13-15-23(36-4)16-14-22/h6-17,19,26H,5,18H2,1-4H3. The molecule has 4 aromatic rings. The second-order valence-electron chi connectivity index (χ2n) is 9.11. The van der Waals surface area contributed by atoms with Gasteiger partial charge in [-0.25, -0.2) is 9.37 Å². The summed E-state index contributed by atoms with van der Waals surface area (Å²) in [7, 11) is 1.58. The molecule has 0 saturated heterocycles. The second-order valence-corrected chi connectivity index (χ2v) is 9.11. The van der Waals surface area contributed by atoms with E-state index in [-0.39, 0.29) is 22.9 Å². The first kappa shape index (κ1) is 25.1. The minimum atomic E-state index is -0.525. The number of carbonyl (C=O) groups excluding carboxylic acids is 1. The Morgan fingerprint density at radius 2 is 1.78 bits per heavy atom. The second kappa shape index (κ2) is 10.7. The number of hydrogen-bond donors (Lipinski definition) is 0. The van der Waals surface area contributed by atoms with Gasteiger partial charge in [0.15, 0.2) is 0 Å². The maximum atomic E-state index is 14.0. The van der Waals surface area contributed by atoms with Crippen molar-refractivity contribution < 1.29 is 13.9 Å². The zero-order chi connectivity index (χ0) is 25.8. The van der Waals surface area contributed by atoms with Crippen molar-refractivity contribution in [2.45, 2.75) is 33.2 Å². The monoisotopic (exact) mass is 487 g/mol. The van der Waals surface area contributed by atoms with Crippen molar-refractivity contribution in [2.75, 3.05) is 13.7 Å². The molecule has 0 aliphatic rings. The number of ether oxygens (including phenoxy) is 1. The summed E-state index contributed by atoms with van der Waals surface area (Å²) in [6, 6.07) is 19.5. The predicted molar refractivity (Wildman–Crippen MR) is 139 cm³/mol. The molecule has 1 heterocycles. The van der Waals surface area contributed by atoms with Gasteiger partial charge < -0.3 is 9.64 Å².